The van der Waals surface area contributed by atoms with Gasteiger partial charge in [0.15, 0.2) is 0 Å². The largest absolute Gasteiger partial charge is 0.373 e. The van der Waals surface area contributed by atoms with Crippen molar-refractivity contribution < 1.29 is 9.53 Å². The van der Waals surface area contributed by atoms with Crippen LogP contribution in [0.4, 0.5) is 0 Å². The Morgan fingerprint density at radius 3 is 2.48 bits per heavy atom. The number of nitrogens with zero attached hydrogens (tertiary/aromatic N) is 2. The van der Waals surface area contributed by atoms with E-state index in [1.807, 2.05) is 0 Å². The first kappa shape index (κ1) is 15.3. The lowest BCUT2D eigenvalue weighted by molar-refractivity contribution is -0.142. The number of likely N-dealkylation sites (tertiary alicyclic amines) is 1. The summed E-state index contributed by atoms with van der Waals surface area (Å²) in [5, 5.41) is 0. The number of fused-ring (bicyclic) bond motifs is 1. The molecule has 3 aliphatic rings. The van der Waals surface area contributed by atoms with Crippen LogP contribution in [0.25, 0.3) is 0 Å². The van der Waals surface area contributed by atoms with E-state index in [0.29, 0.717) is 18.5 Å². The lowest BCUT2D eigenvalue weighted by Gasteiger charge is -2.45. The lowest BCUT2D eigenvalue weighted by Crippen LogP contribution is -2.54. The van der Waals surface area contributed by atoms with E-state index in [4.69, 9.17) is 4.74 Å². The minimum Gasteiger partial charge on any atom is -0.373 e. The lowest BCUT2D eigenvalue weighted by atomic mass is 9.78. The zero-order valence-electron chi connectivity index (χ0n) is 13.6. The van der Waals surface area contributed by atoms with Gasteiger partial charge in [-0.15, -0.1) is 0 Å². The van der Waals surface area contributed by atoms with Gasteiger partial charge in [0, 0.05) is 25.7 Å². The second-order valence-corrected chi connectivity index (χ2v) is 7.29. The van der Waals surface area contributed by atoms with E-state index in [9.17, 15) is 4.79 Å². The zero-order chi connectivity index (χ0) is 14.8. The Hall–Kier alpha value is -0.610. The molecule has 2 heterocycles. The first-order chi connectivity index (χ1) is 10.1. The fraction of sp³-hybridized carbons (Fsp3) is 0.941. The summed E-state index contributed by atoms with van der Waals surface area (Å²) in [6.45, 7) is 7.54. The average molecular weight is 294 g/mol. The molecule has 0 aromatic rings. The van der Waals surface area contributed by atoms with Gasteiger partial charge >= 0.3 is 0 Å². The molecule has 4 unspecified atom stereocenters. The number of carbonyl (C=O) groups excluding carboxylic acids is 1. The van der Waals surface area contributed by atoms with Gasteiger partial charge < -0.3 is 9.64 Å². The van der Waals surface area contributed by atoms with Crippen molar-refractivity contribution in [2.75, 3.05) is 26.2 Å². The molecule has 2 saturated heterocycles. The van der Waals surface area contributed by atoms with Gasteiger partial charge in [-0.2, -0.15) is 0 Å². The predicted octanol–water partition coefficient (Wildman–Crippen LogP) is 2.28. The van der Waals surface area contributed by atoms with Gasteiger partial charge in [0.1, 0.15) is 0 Å². The molecule has 21 heavy (non-hydrogen) atoms. The Kier molecular flexibility index (Phi) is 4.85. The van der Waals surface area contributed by atoms with Gasteiger partial charge in [-0.25, -0.2) is 0 Å². The molecule has 0 spiro atoms. The third-order valence-corrected chi connectivity index (χ3v) is 5.42. The standard InChI is InChI=1S/C17H30N2O2/c1-13-10-18(11-14(2)21-13)12-17(20)19-9-5-7-15-6-3-4-8-16(15)19/h13-16H,3-12H2,1-2H3. The Morgan fingerprint density at radius 2 is 1.71 bits per heavy atom. The van der Waals surface area contributed by atoms with Crippen molar-refractivity contribution in [1.82, 2.24) is 9.80 Å². The highest BCUT2D eigenvalue weighted by molar-refractivity contribution is 5.78. The van der Waals surface area contributed by atoms with Gasteiger partial charge in [-0.3, -0.25) is 9.69 Å². The SMILES string of the molecule is CC1CN(CC(=O)N2CCCC3CCCCC32)CC(C)O1. The summed E-state index contributed by atoms with van der Waals surface area (Å²) in [6.07, 6.45) is 8.24. The van der Waals surface area contributed by atoms with Crippen LogP contribution in [0.2, 0.25) is 0 Å². The summed E-state index contributed by atoms with van der Waals surface area (Å²) in [4.78, 5) is 17.3. The van der Waals surface area contributed by atoms with Crippen LogP contribution in [0.3, 0.4) is 0 Å². The summed E-state index contributed by atoms with van der Waals surface area (Å²) in [5.74, 6) is 1.13. The molecule has 1 saturated carbocycles. The topological polar surface area (TPSA) is 32.8 Å². The number of hydrogen-bond donors (Lipinski definition) is 0. The van der Waals surface area contributed by atoms with Crippen molar-refractivity contribution in [3.05, 3.63) is 0 Å². The summed E-state index contributed by atoms with van der Waals surface area (Å²) in [7, 11) is 0. The fourth-order valence-electron chi connectivity index (χ4n) is 4.63. The van der Waals surface area contributed by atoms with Crippen LogP contribution in [0, 0.1) is 5.92 Å². The molecule has 3 rings (SSSR count). The molecular weight excluding hydrogens is 264 g/mol. The maximum absolute atomic E-state index is 12.8. The number of rotatable bonds is 2. The highest BCUT2D eigenvalue weighted by Gasteiger charge is 2.36. The number of ether oxygens (including phenoxy) is 1. The van der Waals surface area contributed by atoms with Crippen molar-refractivity contribution >= 4 is 5.91 Å². The second kappa shape index (κ2) is 6.66. The van der Waals surface area contributed by atoms with E-state index in [1.165, 1.54) is 38.5 Å². The monoisotopic (exact) mass is 294 g/mol. The number of piperidine rings is 1. The molecule has 1 aliphatic carbocycles. The van der Waals surface area contributed by atoms with Crippen LogP contribution in [0.15, 0.2) is 0 Å². The van der Waals surface area contributed by atoms with Crippen LogP contribution in [0.1, 0.15) is 52.4 Å². The van der Waals surface area contributed by atoms with Crippen LogP contribution >= 0.6 is 0 Å². The molecule has 4 atom stereocenters. The number of amides is 1. The summed E-state index contributed by atoms with van der Waals surface area (Å²) < 4.78 is 5.76. The highest BCUT2D eigenvalue weighted by Crippen LogP contribution is 2.35. The summed E-state index contributed by atoms with van der Waals surface area (Å²) in [6, 6.07) is 0.538. The van der Waals surface area contributed by atoms with Crippen LogP contribution in [-0.4, -0.2) is 60.1 Å². The molecular formula is C17H30N2O2. The Labute approximate surface area is 128 Å². The molecule has 1 amide bonds. The molecule has 0 radical (unpaired) electrons. The van der Waals surface area contributed by atoms with Gasteiger partial charge in [-0.05, 0) is 45.4 Å². The van der Waals surface area contributed by atoms with Crippen LogP contribution in [-0.2, 0) is 9.53 Å². The van der Waals surface area contributed by atoms with Crippen molar-refractivity contribution in [3.8, 4) is 0 Å². The minimum absolute atomic E-state index is 0.241. The average Bonchev–Trinajstić information content (AvgIpc) is 2.45. The number of morpholine rings is 1. The molecule has 0 bridgehead atoms. The maximum atomic E-state index is 12.8. The van der Waals surface area contributed by atoms with Gasteiger partial charge in [0.25, 0.3) is 0 Å². The predicted molar refractivity (Wildman–Crippen MR) is 83.1 cm³/mol. The maximum Gasteiger partial charge on any atom is 0.237 e. The van der Waals surface area contributed by atoms with E-state index in [1.54, 1.807) is 0 Å². The Balaban J connectivity index is 1.59. The van der Waals surface area contributed by atoms with Crippen molar-refractivity contribution in [1.29, 1.82) is 0 Å². The van der Waals surface area contributed by atoms with Crippen LogP contribution < -0.4 is 0 Å². The third kappa shape index (κ3) is 3.59. The molecule has 3 fully saturated rings. The highest BCUT2D eigenvalue weighted by atomic mass is 16.5. The van der Waals surface area contributed by atoms with Crippen molar-refractivity contribution in [2.45, 2.75) is 70.6 Å². The van der Waals surface area contributed by atoms with Gasteiger partial charge in [0.05, 0.1) is 18.8 Å². The van der Waals surface area contributed by atoms with Crippen LogP contribution in [0.5, 0.6) is 0 Å². The summed E-state index contributed by atoms with van der Waals surface area (Å²) in [5.41, 5.74) is 0. The van der Waals surface area contributed by atoms with Gasteiger partial charge in [-0.1, -0.05) is 12.8 Å². The Bertz CT molecular complexity index is 362. The fourth-order valence-corrected chi connectivity index (χ4v) is 4.63. The Morgan fingerprint density at radius 1 is 1.05 bits per heavy atom. The van der Waals surface area contributed by atoms with E-state index in [-0.39, 0.29) is 12.2 Å². The first-order valence-corrected chi connectivity index (χ1v) is 8.81. The zero-order valence-corrected chi connectivity index (χ0v) is 13.6. The molecule has 120 valence electrons. The van der Waals surface area contributed by atoms with E-state index < -0.39 is 0 Å². The summed E-state index contributed by atoms with van der Waals surface area (Å²) >= 11 is 0. The van der Waals surface area contributed by atoms with Crippen molar-refractivity contribution in [3.63, 3.8) is 0 Å². The normalized spacial score (nSPS) is 38.1. The first-order valence-electron chi connectivity index (χ1n) is 8.81. The van der Waals surface area contributed by atoms with E-state index in [2.05, 4.69) is 23.6 Å². The minimum atomic E-state index is 0.241. The number of hydrogen-bond acceptors (Lipinski definition) is 3. The third-order valence-electron chi connectivity index (χ3n) is 5.42. The van der Waals surface area contributed by atoms with Gasteiger partial charge in [0.2, 0.25) is 5.91 Å². The quantitative estimate of drug-likeness (QED) is 0.783. The molecule has 0 N–H and O–H groups in total. The van der Waals surface area contributed by atoms with E-state index in [0.717, 1.165) is 25.6 Å². The molecule has 4 heteroatoms. The van der Waals surface area contributed by atoms with E-state index >= 15 is 0 Å². The number of carbonyl (C=O) groups is 1. The second-order valence-electron chi connectivity index (χ2n) is 7.29. The smallest absolute Gasteiger partial charge is 0.237 e. The van der Waals surface area contributed by atoms with Crippen molar-refractivity contribution in [2.24, 2.45) is 5.92 Å². The molecule has 2 aliphatic heterocycles. The molecule has 0 aromatic heterocycles. The molecule has 4 nitrogen and oxygen atoms in total. The molecule has 0 aromatic carbocycles.